The van der Waals surface area contributed by atoms with E-state index in [2.05, 4.69) is 0 Å². The Bertz CT molecular complexity index is 525. The normalized spacial score (nSPS) is 12.5. The summed E-state index contributed by atoms with van der Waals surface area (Å²) in [4.78, 5) is 0. The van der Waals surface area contributed by atoms with Crippen molar-refractivity contribution in [1.29, 1.82) is 0 Å². The van der Waals surface area contributed by atoms with Crippen LogP contribution in [0.5, 0.6) is 0 Å². The third-order valence-corrected chi connectivity index (χ3v) is 3.01. The van der Waals surface area contributed by atoms with Gasteiger partial charge in [0.25, 0.3) is 0 Å². The van der Waals surface area contributed by atoms with Crippen LogP contribution in [0.2, 0.25) is 10.0 Å². The average molecular weight is 271 g/mol. The first-order valence-corrected chi connectivity index (χ1v) is 5.72. The van der Waals surface area contributed by atoms with Crippen LogP contribution in [0.15, 0.2) is 42.5 Å². The minimum absolute atomic E-state index is 0.344. The van der Waals surface area contributed by atoms with E-state index < -0.39 is 6.10 Å². The van der Waals surface area contributed by atoms with Crippen LogP contribution in [0.25, 0.3) is 0 Å². The van der Waals surface area contributed by atoms with Crippen molar-refractivity contribution in [3.63, 3.8) is 0 Å². The van der Waals surface area contributed by atoms with Gasteiger partial charge in [-0.05, 0) is 29.8 Å². The average Bonchev–Trinajstić information content (AvgIpc) is 2.29. The highest BCUT2D eigenvalue weighted by atomic mass is 35.5. The maximum atomic E-state index is 12.8. The molecule has 2 aromatic rings. The van der Waals surface area contributed by atoms with Gasteiger partial charge in [0.2, 0.25) is 0 Å². The Balaban J connectivity index is 2.36. The smallest absolute Gasteiger partial charge is 0.123 e. The first-order valence-electron chi connectivity index (χ1n) is 4.96. The number of halogens is 3. The van der Waals surface area contributed by atoms with Crippen LogP contribution < -0.4 is 0 Å². The molecule has 0 saturated heterocycles. The van der Waals surface area contributed by atoms with Crippen LogP contribution in [0.3, 0.4) is 0 Å². The quantitative estimate of drug-likeness (QED) is 0.867. The van der Waals surface area contributed by atoms with Crippen LogP contribution >= 0.6 is 23.2 Å². The van der Waals surface area contributed by atoms with Crippen LogP contribution in [0.4, 0.5) is 4.39 Å². The van der Waals surface area contributed by atoms with Crippen LogP contribution in [0, 0.1) is 5.82 Å². The maximum Gasteiger partial charge on any atom is 0.123 e. The van der Waals surface area contributed by atoms with E-state index in [9.17, 15) is 9.50 Å². The van der Waals surface area contributed by atoms with Crippen molar-refractivity contribution in [2.45, 2.75) is 6.10 Å². The van der Waals surface area contributed by atoms with Gasteiger partial charge < -0.3 is 5.11 Å². The van der Waals surface area contributed by atoms with Gasteiger partial charge in [-0.25, -0.2) is 4.39 Å². The number of hydrogen-bond donors (Lipinski definition) is 1. The van der Waals surface area contributed by atoms with Crippen LogP contribution in [-0.2, 0) is 0 Å². The molecule has 0 aliphatic carbocycles. The zero-order valence-corrected chi connectivity index (χ0v) is 10.2. The molecule has 0 aliphatic rings. The van der Waals surface area contributed by atoms with Crippen LogP contribution in [0.1, 0.15) is 17.2 Å². The Labute approximate surface area is 108 Å². The first kappa shape index (κ1) is 12.4. The predicted octanol–water partition coefficient (Wildman–Crippen LogP) is 4.21. The van der Waals surface area contributed by atoms with Crippen molar-refractivity contribution in [1.82, 2.24) is 0 Å². The van der Waals surface area contributed by atoms with E-state index in [0.717, 1.165) is 0 Å². The SMILES string of the molecule is OC(c1ccc(F)cc1)c1ccc(Cl)cc1Cl. The van der Waals surface area contributed by atoms with Gasteiger partial charge in [-0.3, -0.25) is 0 Å². The molecule has 88 valence electrons. The molecule has 2 rings (SSSR count). The van der Waals surface area contributed by atoms with Crippen molar-refractivity contribution in [2.75, 3.05) is 0 Å². The largest absolute Gasteiger partial charge is 0.384 e. The molecule has 0 bridgehead atoms. The number of aliphatic hydroxyl groups excluding tert-OH is 1. The zero-order chi connectivity index (χ0) is 12.4. The van der Waals surface area contributed by atoms with Gasteiger partial charge in [-0.15, -0.1) is 0 Å². The van der Waals surface area contributed by atoms with Crippen molar-refractivity contribution < 1.29 is 9.50 Å². The summed E-state index contributed by atoms with van der Waals surface area (Å²) >= 11 is 11.8. The molecule has 0 aliphatic heterocycles. The second kappa shape index (κ2) is 5.05. The lowest BCUT2D eigenvalue weighted by atomic mass is 10.0. The molecular formula is C13H9Cl2FO. The second-order valence-electron chi connectivity index (χ2n) is 3.62. The van der Waals surface area contributed by atoms with E-state index in [1.165, 1.54) is 24.3 Å². The van der Waals surface area contributed by atoms with Gasteiger partial charge in [-0.2, -0.15) is 0 Å². The van der Waals surface area contributed by atoms with Crippen molar-refractivity contribution in [3.05, 3.63) is 69.5 Å². The van der Waals surface area contributed by atoms with E-state index in [-0.39, 0.29) is 5.82 Å². The third kappa shape index (κ3) is 2.78. The molecule has 1 atom stereocenters. The van der Waals surface area contributed by atoms with E-state index in [1.807, 2.05) is 0 Å². The molecule has 0 heterocycles. The standard InChI is InChI=1S/C13H9Cl2FO/c14-9-3-6-11(12(15)7-9)13(17)8-1-4-10(16)5-2-8/h1-7,13,17H. The first-order chi connectivity index (χ1) is 8.08. The van der Waals surface area contributed by atoms with E-state index >= 15 is 0 Å². The second-order valence-corrected chi connectivity index (χ2v) is 4.46. The van der Waals surface area contributed by atoms with Gasteiger partial charge in [0, 0.05) is 15.6 Å². The lowest BCUT2D eigenvalue weighted by Crippen LogP contribution is -2.00. The highest BCUT2D eigenvalue weighted by molar-refractivity contribution is 6.35. The summed E-state index contributed by atoms with van der Waals surface area (Å²) < 4.78 is 12.8. The molecule has 0 spiro atoms. The predicted molar refractivity (Wildman–Crippen MR) is 66.9 cm³/mol. The molecule has 2 aromatic carbocycles. The van der Waals surface area contributed by atoms with E-state index in [0.29, 0.717) is 21.2 Å². The summed E-state index contributed by atoms with van der Waals surface area (Å²) in [6.07, 6.45) is -0.889. The molecule has 1 N–H and O–H groups in total. The molecular weight excluding hydrogens is 262 g/mol. The van der Waals surface area contributed by atoms with Gasteiger partial charge in [0.15, 0.2) is 0 Å². The van der Waals surface area contributed by atoms with Gasteiger partial charge in [-0.1, -0.05) is 41.4 Å². The monoisotopic (exact) mass is 270 g/mol. The van der Waals surface area contributed by atoms with Crippen molar-refractivity contribution in [2.24, 2.45) is 0 Å². The molecule has 1 unspecified atom stereocenters. The van der Waals surface area contributed by atoms with E-state index in [4.69, 9.17) is 23.2 Å². The summed E-state index contributed by atoms with van der Waals surface area (Å²) in [6, 6.07) is 10.5. The molecule has 0 radical (unpaired) electrons. The Morgan fingerprint density at radius 1 is 1.00 bits per heavy atom. The fraction of sp³-hybridized carbons (Fsp3) is 0.0769. The summed E-state index contributed by atoms with van der Waals surface area (Å²) in [6.45, 7) is 0. The third-order valence-electron chi connectivity index (χ3n) is 2.44. The summed E-state index contributed by atoms with van der Waals surface area (Å²) in [5, 5.41) is 11.0. The minimum atomic E-state index is -0.889. The lowest BCUT2D eigenvalue weighted by Gasteiger charge is -2.13. The lowest BCUT2D eigenvalue weighted by molar-refractivity contribution is 0.220. The fourth-order valence-electron chi connectivity index (χ4n) is 1.55. The minimum Gasteiger partial charge on any atom is -0.384 e. The van der Waals surface area contributed by atoms with Crippen molar-refractivity contribution >= 4 is 23.2 Å². The van der Waals surface area contributed by atoms with Gasteiger partial charge >= 0.3 is 0 Å². The van der Waals surface area contributed by atoms with Gasteiger partial charge in [0.05, 0.1) is 0 Å². The highest BCUT2D eigenvalue weighted by Crippen LogP contribution is 2.30. The molecule has 0 aromatic heterocycles. The topological polar surface area (TPSA) is 20.2 Å². The zero-order valence-electron chi connectivity index (χ0n) is 8.70. The summed E-state index contributed by atoms with van der Waals surface area (Å²) in [5.41, 5.74) is 1.12. The molecule has 0 fully saturated rings. The highest BCUT2D eigenvalue weighted by Gasteiger charge is 2.14. The van der Waals surface area contributed by atoms with Crippen molar-refractivity contribution in [3.8, 4) is 0 Å². The Morgan fingerprint density at radius 3 is 2.24 bits per heavy atom. The number of rotatable bonds is 2. The van der Waals surface area contributed by atoms with E-state index in [1.54, 1.807) is 18.2 Å². The molecule has 1 nitrogen and oxygen atoms in total. The summed E-state index contributed by atoms with van der Waals surface area (Å²) in [5.74, 6) is -0.344. The maximum absolute atomic E-state index is 12.8. The van der Waals surface area contributed by atoms with Gasteiger partial charge in [0.1, 0.15) is 11.9 Å². The van der Waals surface area contributed by atoms with Crippen LogP contribution in [-0.4, -0.2) is 5.11 Å². The number of hydrogen-bond acceptors (Lipinski definition) is 1. The Hall–Kier alpha value is -1.09. The Morgan fingerprint density at radius 2 is 1.65 bits per heavy atom. The molecule has 17 heavy (non-hydrogen) atoms. The number of benzene rings is 2. The number of aliphatic hydroxyl groups is 1. The molecule has 4 heteroatoms. The fourth-order valence-corrected chi connectivity index (χ4v) is 2.06. The Kier molecular flexibility index (Phi) is 3.67. The molecule has 0 saturated carbocycles. The summed E-state index contributed by atoms with van der Waals surface area (Å²) in [7, 11) is 0. The molecule has 0 amide bonds.